The van der Waals surface area contributed by atoms with Crippen molar-refractivity contribution in [2.45, 2.75) is 51.0 Å². The van der Waals surface area contributed by atoms with Crippen molar-refractivity contribution in [3.63, 3.8) is 0 Å². The average Bonchev–Trinajstić information content (AvgIpc) is 2.85. The zero-order valence-electron chi connectivity index (χ0n) is 18.7. The Morgan fingerprint density at radius 3 is 2.73 bits per heavy atom. The Morgan fingerprint density at radius 2 is 1.97 bits per heavy atom. The zero-order valence-corrected chi connectivity index (χ0v) is 18.7. The van der Waals surface area contributed by atoms with Crippen LogP contribution in [0.25, 0.3) is 6.08 Å². The van der Waals surface area contributed by atoms with E-state index in [0.29, 0.717) is 24.4 Å². The molecule has 0 radical (unpaired) electrons. The van der Waals surface area contributed by atoms with Gasteiger partial charge in [0.2, 0.25) is 11.8 Å². The van der Waals surface area contributed by atoms with E-state index in [1.807, 2.05) is 0 Å². The fourth-order valence-electron chi connectivity index (χ4n) is 4.47. The maximum Gasteiger partial charge on any atom is 0.246 e. The number of ether oxygens (including phenoxy) is 1. The summed E-state index contributed by atoms with van der Waals surface area (Å²) in [4.78, 5) is 31.0. The van der Waals surface area contributed by atoms with Crippen LogP contribution in [0.3, 0.4) is 0 Å². The third-order valence-electron chi connectivity index (χ3n) is 6.29. The Labute approximate surface area is 193 Å². The lowest BCUT2D eigenvalue weighted by molar-refractivity contribution is -0.132. The number of piperidine rings is 1. The van der Waals surface area contributed by atoms with Gasteiger partial charge in [0.25, 0.3) is 0 Å². The maximum absolute atomic E-state index is 14.4. The summed E-state index contributed by atoms with van der Waals surface area (Å²) >= 11 is 0. The second-order valence-electron chi connectivity index (χ2n) is 8.78. The van der Waals surface area contributed by atoms with Crippen LogP contribution in [0, 0.1) is 11.7 Å². The van der Waals surface area contributed by atoms with Gasteiger partial charge in [0, 0.05) is 31.4 Å². The molecule has 6 nitrogen and oxygen atoms in total. The van der Waals surface area contributed by atoms with Crippen LogP contribution < -0.4 is 10.1 Å². The number of carbonyl (C=O) groups is 2. The van der Waals surface area contributed by atoms with Crippen molar-refractivity contribution in [3.8, 4) is 11.5 Å². The van der Waals surface area contributed by atoms with Gasteiger partial charge in [-0.3, -0.25) is 14.6 Å². The normalized spacial score (nSPS) is 19.4. The Kier molecular flexibility index (Phi) is 7.70. The highest BCUT2D eigenvalue weighted by Crippen LogP contribution is 2.25. The van der Waals surface area contributed by atoms with E-state index in [-0.39, 0.29) is 29.5 Å². The number of halogens is 1. The summed E-state index contributed by atoms with van der Waals surface area (Å²) < 4.78 is 19.9. The van der Waals surface area contributed by atoms with Gasteiger partial charge >= 0.3 is 0 Å². The van der Waals surface area contributed by atoms with Crippen LogP contribution in [0.2, 0.25) is 0 Å². The first-order valence-corrected chi connectivity index (χ1v) is 11.7. The van der Waals surface area contributed by atoms with E-state index in [1.54, 1.807) is 35.4 Å². The number of pyridine rings is 1. The molecule has 0 spiro atoms. The van der Waals surface area contributed by atoms with Gasteiger partial charge in [-0.25, -0.2) is 4.39 Å². The number of nitrogens with one attached hydrogen (secondary N) is 1. The highest BCUT2D eigenvalue weighted by Gasteiger charge is 2.29. The Morgan fingerprint density at radius 1 is 1.12 bits per heavy atom. The van der Waals surface area contributed by atoms with Gasteiger partial charge in [-0.15, -0.1) is 0 Å². The summed E-state index contributed by atoms with van der Waals surface area (Å²) in [5.41, 5.74) is 0.558. The number of benzene rings is 1. The van der Waals surface area contributed by atoms with E-state index in [9.17, 15) is 14.0 Å². The van der Waals surface area contributed by atoms with E-state index in [1.165, 1.54) is 43.7 Å². The molecule has 1 unspecified atom stereocenters. The first-order chi connectivity index (χ1) is 16.1. The smallest absolute Gasteiger partial charge is 0.246 e. The molecule has 0 bridgehead atoms. The highest BCUT2D eigenvalue weighted by atomic mass is 19.1. The summed E-state index contributed by atoms with van der Waals surface area (Å²) in [5, 5.41) is 3.18. The number of likely N-dealkylation sites (tertiary alicyclic amines) is 1. The lowest BCUT2D eigenvalue weighted by Crippen LogP contribution is -2.47. The maximum atomic E-state index is 14.4. The minimum Gasteiger partial charge on any atom is -0.453 e. The average molecular weight is 452 g/mol. The second-order valence-corrected chi connectivity index (χ2v) is 8.78. The van der Waals surface area contributed by atoms with Crippen molar-refractivity contribution in [2.24, 2.45) is 5.92 Å². The van der Waals surface area contributed by atoms with Crippen LogP contribution in [0.4, 0.5) is 4.39 Å². The number of hydrogen-bond acceptors (Lipinski definition) is 4. The van der Waals surface area contributed by atoms with Gasteiger partial charge in [0.05, 0.1) is 12.1 Å². The molecule has 2 amide bonds. The summed E-state index contributed by atoms with van der Waals surface area (Å²) in [6, 6.07) is 8.22. The molecule has 33 heavy (non-hydrogen) atoms. The van der Waals surface area contributed by atoms with Crippen molar-refractivity contribution in [1.29, 1.82) is 0 Å². The molecule has 1 aliphatic heterocycles. The number of aromatic nitrogens is 1. The van der Waals surface area contributed by atoms with Gasteiger partial charge in [-0.05, 0) is 61.6 Å². The molecular formula is C26H30FN3O3. The topological polar surface area (TPSA) is 71.5 Å². The lowest BCUT2D eigenvalue weighted by atomic mass is 9.93. The zero-order chi connectivity index (χ0) is 23.0. The van der Waals surface area contributed by atoms with Crippen molar-refractivity contribution >= 4 is 17.9 Å². The van der Waals surface area contributed by atoms with Crippen LogP contribution in [0.1, 0.15) is 50.5 Å². The SMILES string of the molecule is O=C(NC1CCCCC1)C1CCCN(C(=O)/C=C/c2ccc(Oc3cccnc3)c(F)c2)C1. The van der Waals surface area contributed by atoms with Gasteiger partial charge in [-0.1, -0.05) is 25.3 Å². The van der Waals surface area contributed by atoms with Crippen molar-refractivity contribution < 1.29 is 18.7 Å². The Hall–Kier alpha value is -3.22. The summed E-state index contributed by atoms with van der Waals surface area (Å²) in [5.74, 6) is -0.252. The minimum absolute atomic E-state index is 0.0645. The van der Waals surface area contributed by atoms with Gasteiger partial charge in [0.1, 0.15) is 5.75 Å². The fourth-order valence-corrected chi connectivity index (χ4v) is 4.47. The molecule has 2 aliphatic rings. The number of carbonyl (C=O) groups excluding carboxylic acids is 2. The van der Waals surface area contributed by atoms with Gasteiger partial charge in [-0.2, -0.15) is 0 Å². The Bertz CT molecular complexity index is 990. The molecule has 1 atom stereocenters. The molecule has 1 aliphatic carbocycles. The summed E-state index contributed by atoms with van der Waals surface area (Å²) in [6.45, 7) is 1.05. The van der Waals surface area contributed by atoms with E-state index in [0.717, 1.165) is 25.7 Å². The fraction of sp³-hybridized carbons (Fsp3) is 0.423. The number of rotatable bonds is 6. The molecule has 174 valence electrons. The van der Waals surface area contributed by atoms with Gasteiger partial charge < -0.3 is 15.0 Å². The third kappa shape index (κ3) is 6.40. The molecule has 1 aromatic carbocycles. The van der Waals surface area contributed by atoms with Crippen LogP contribution in [0.5, 0.6) is 11.5 Å². The van der Waals surface area contributed by atoms with E-state index >= 15 is 0 Å². The molecule has 2 fully saturated rings. The molecule has 1 saturated heterocycles. The predicted molar refractivity (Wildman–Crippen MR) is 124 cm³/mol. The van der Waals surface area contributed by atoms with Crippen LogP contribution >= 0.6 is 0 Å². The molecule has 4 rings (SSSR count). The van der Waals surface area contributed by atoms with E-state index in [4.69, 9.17) is 4.74 Å². The molecule has 2 aromatic rings. The first kappa shape index (κ1) is 23.0. The largest absolute Gasteiger partial charge is 0.453 e. The number of nitrogens with zero attached hydrogens (tertiary/aromatic N) is 2. The van der Waals surface area contributed by atoms with Gasteiger partial charge in [0.15, 0.2) is 11.6 Å². The Balaban J connectivity index is 1.32. The van der Waals surface area contributed by atoms with E-state index < -0.39 is 5.82 Å². The quantitative estimate of drug-likeness (QED) is 0.646. The number of hydrogen-bond donors (Lipinski definition) is 1. The van der Waals surface area contributed by atoms with Crippen molar-refractivity contribution in [2.75, 3.05) is 13.1 Å². The van der Waals surface area contributed by atoms with Crippen molar-refractivity contribution in [1.82, 2.24) is 15.2 Å². The molecule has 7 heteroatoms. The highest BCUT2D eigenvalue weighted by molar-refractivity contribution is 5.92. The molecular weight excluding hydrogens is 421 g/mol. The molecule has 1 saturated carbocycles. The molecule has 2 heterocycles. The monoisotopic (exact) mass is 451 g/mol. The summed E-state index contributed by atoms with van der Waals surface area (Å²) in [6.07, 6.45) is 13.4. The first-order valence-electron chi connectivity index (χ1n) is 11.7. The predicted octanol–water partition coefficient (Wildman–Crippen LogP) is 4.71. The van der Waals surface area contributed by atoms with Crippen molar-refractivity contribution in [3.05, 3.63) is 60.2 Å². The number of amides is 2. The standard InChI is InChI=1S/C26H30FN3O3/c27-23-16-19(10-12-24(23)33-22-9-4-14-28-17-22)11-13-25(31)30-15-5-6-20(18-30)26(32)29-21-7-2-1-3-8-21/h4,9-14,16-17,20-21H,1-3,5-8,15,18H2,(H,29,32)/b13-11+. The van der Waals surface area contributed by atoms with Crippen LogP contribution in [0.15, 0.2) is 48.8 Å². The molecule has 1 N–H and O–H groups in total. The lowest BCUT2D eigenvalue weighted by Gasteiger charge is -2.33. The third-order valence-corrected chi connectivity index (χ3v) is 6.29. The van der Waals surface area contributed by atoms with E-state index in [2.05, 4.69) is 10.3 Å². The van der Waals surface area contributed by atoms with Crippen LogP contribution in [-0.4, -0.2) is 40.8 Å². The van der Waals surface area contributed by atoms with Crippen LogP contribution in [-0.2, 0) is 9.59 Å². The molecule has 1 aromatic heterocycles. The minimum atomic E-state index is -0.522. The second kappa shape index (κ2) is 11.1. The summed E-state index contributed by atoms with van der Waals surface area (Å²) in [7, 11) is 0.